The van der Waals surface area contributed by atoms with E-state index >= 15 is 0 Å². The van der Waals surface area contributed by atoms with Gasteiger partial charge in [-0.25, -0.2) is 0 Å². The summed E-state index contributed by atoms with van der Waals surface area (Å²) in [4.78, 5) is 24.3. The van der Waals surface area contributed by atoms with Gasteiger partial charge in [-0.2, -0.15) is 0 Å². The van der Waals surface area contributed by atoms with Crippen molar-refractivity contribution in [3.63, 3.8) is 0 Å². The molecule has 2 N–H and O–H groups in total. The number of carboxylic acids is 1. The van der Waals surface area contributed by atoms with Gasteiger partial charge < -0.3 is 15.2 Å². The summed E-state index contributed by atoms with van der Waals surface area (Å²) >= 11 is 0. The molecule has 1 aromatic rings. The molecule has 1 aliphatic heterocycles. The van der Waals surface area contributed by atoms with Crippen molar-refractivity contribution in [2.24, 2.45) is 0 Å². The second-order valence-electron chi connectivity index (χ2n) is 5.06. The lowest BCUT2D eigenvalue weighted by Gasteiger charge is -2.35. The fraction of sp³-hybridized carbons (Fsp3) is 0.467. The van der Waals surface area contributed by atoms with Crippen LogP contribution in [0.5, 0.6) is 0 Å². The number of hydrogen-bond donors (Lipinski definition) is 2. The molecule has 0 bridgehead atoms. The number of amides is 1. The van der Waals surface area contributed by atoms with Gasteiger partial charge in [0.25, 0.3) is 0 Å². The number of carbonyl (C=O) groups excluding carboxylic acids is 1. The largest absolute Gasteiger partial charge is 0.480 e. The van der Waals surface area contributed by atoms with Crippen LogP contribution in [-0.2, 0) is 20.7 Å². The van der Waals surface area contributed by atoms with E-state index in [4.69, 9.17) is 9.84 Å². The van der Waals surface area contributed by atoms with E-state index in [2.05, 4.69) is 17.4 Å². The van der Waals surface area contributed by atoms with Crippen LogP contribution in [0.4, 0.5) is 0 Å². The number of hydrogen-bond acceptors (Lipinski definition) is 4. The van der Waals surface area contributed by atoms with Gasteiger partial charge in [-0.05, 0) is 12.0 Å². The van der Waals surface area contributed by atoms with Gasteiger partial charge in [0.15, 0.2) is 0 Å². The second kappa shape index (κ2) is 7.75. The molecule has 1 saturated heterocycles. The molecule has 21 heavy (non-hydrogen) atoms. The Balaban J connectivity index is 1.89. The Hall–Kier alpha value is -1.92. The minimum absolute atomic E-state index is 0.136. The lowest BCUT2D eigenvalue weighted by Crippen LogP contribution is -2.50. The first-order chi connectivity index (χ1) is 10.1. The molecule has 2 rings (SSSR count). The van der Waals surface area contributed by atoms with Gasteiger partial charge in [0.1, 0.15) is 6.54 Å². The number of carbonyl (C=O) groups is 2. The molecule has 6 nitrogen and oxygen atoms in total. The molecule has 0 saturated carbocycles. The summed E-state index contributed by atoms with van der Waals surface area (Å²) in [7, 11) is 0. The number of aliphatic carboxylic acids is 1. The molecule has 1 aliphatic rings. The number of rotatable bonds is 6. The van der Waals surface area contributed by atoms with E-state index in [-0.39, 0.29) is 25.0 Å². The molecule has 0 aliphatic carbocycles. The van der Waals surface area contributed by atoms with E-state index in [1.54, 1.807) is 0 Å². The Bertz CT molecular complexity index is 478. The van der Waals surface area contributed by atoms with E-state index in [0.717, 1.165) is 6.42 Å². The average Bonchev–Trinajstić information content (AvgIpc) is 2.48. The smallest absolute Gasteiger partial charge is 0.322 e. The number of carboxylic acid groups (broad SMARTS) is 1. The van der Waals surface area contributed by atoms with Crippen LogP contribution >= 0.6 is 0 Å². The highest BCUT2D eigenvalue weighted by Gasteiger charge is 2.25. The molecule has 1 atom stereocenters. The topological polar surface area (TPSA) is 78.9 Å². The van der Waals surface area contributed by atoms with E-state index in [0.29, 0.717) is 19.8 Å². The minimum Gasteiger partial charge on any atom is -0.480 e. The third-order valence-corrected chi connectivity index (χ3v) is 3.45. The second-order valence-corrected chi connectivity index (χ2v) is 5.06. The quantitative estimate of drug-likeness (QED) is 0.779. The summed E-state index contributed by atoms with van der Waals surface area (Å²) in [6.45, 7) is 1.72. The van der Waals surface area contributed by atoms with Crippen molar-refractivity contribution >= 4 is 11.9 Å². The molecular formula is C15H20N2O4. The van der Waals surface area contributed by atoms with Gasteiger partial charge in [0.2, 0.25) is 5.91 Å². The van der Waals surface area contributed by atoms with Crippen molar-refractivity contribution in [1.29, 1.82) is 0 Å². The predicted octanol–water partition coefficient (Wildman–Crippen LogP) is 0.131. The highest BCUT2D eigenvalue weighted by Crippen LogP contribution is 2.12. The van der Waals surface area contributed by atoms with Crippen LogP contribution in [0.3, 0.4) is 0 Å². The van der Waals surface area contributed by atoms with Crippen molar-refractivity contribution in [1.82, 2.24) is 10.2 Å². The molecule has 1 aromatic carbocycles. The fourth-order valence-electron chi connectivity index (χ4n) is 2.39. The number of nitrogens with zero attached hydrogens (tertiary/aromatic N) is 1. The van der Waals surface area contributed by atoms with Crippen molar-refractivity contribution in [2.75, 3.05) is 32.8 Å². The highest BCUT2D eigenvalue weighted by molar-refractivity contribution is 5.82. The summed E-state index contributed by atoms with van der Waals surface area (Å²) in [5, 5.41) is 11.0. The first-order valence-corrected chi connectivity index (χ1v) is 6.99. The first kappa shape index (κ1) is 15.5. The molecule has 1 amide bonds. The molecule has 1 unspecified atom stereocenters. The van der Waals surface area contributed by atoms with Crippen molar-refractivity contribution in [3.05, 3.63) is 35.9 Å². The first-order valence-electron chi connectivity index (χ1n) is 6.99. The average molecular weight is 292 g/mol. The van der Waals surface area contributed by atoms with Gasteiger partial charge in [-0.15, -0.1) is 0 Å². The van der Waals surface area contributed by atoms with Gasteiger partial charge in [0.05, 0.1) is 19.8 Å². The summed E-state index contributed by atoms with van der Waals surface area (Å²) in [5.41, 5.74) is 1.20. The molecule has 0 spiro atoms. The zero-order valence-corrected chi connectivity index (χ0v) is 11.8. The van der Waals surface area contributed by atoms with Crippen LogP contribution in [0.1, 0.15) is 5.56 Å². The Morgan fingerprint density at radius 2 is 2.10 bits per heavy atom. The molecular weight excluding hydrogens is 272 g/mol. The number of benzene rings is 1. The Morgan fingerprint density at radius 1 is 1.33 bits per heavy atom. The zero-order valence-electron chi connectivity index (χ0n) is 11.8. The molecule has 0 aromatic heterocycles. The normalized spacial score (nSPS) is 19.1. The maximum atomic E-state index is 11.8. The Morgan fingerprint density at radius 3 is 2.81 bits per heavy atom. The molecule has 1 heterocycles. The van der Waals surface area contributed by atoms with Crippen LogP contribution in [0.25, 0.3) is 0 Å². The zero-order chi connectivity index (χ0) is 15.1. The van der Waals surface area contributed by atoms with Crippen LogP contribution in [-0.4, -0.2) is 60.8 Å². The lowest BCUT2D eigenvalue weighted by atomic mass is 10.0. The molecule has 114 valence electrons. The summed E-state index contributed by atoms with van der Waals surface area (Å²) in [5.74, 6) is -1.30. The lowest BCUT2D eigenvalue weighted by molar-refractivity contribution is -0.138. The molecule has 6 heteroatoms. The maximum absolute atomic E-state index is 11.8. The number of nitrogens with one attached hydrogen (secondary N) is 1. The maximum Gasteiger partial charge on any atom is 0.322 e. The van der Waals surface area contributed by atoms with Crippen LogP contribution < -0.4 is 5.32 Å². The van der Waals surface area contributed by atoms with Gasteiger partial charge >= 0.3 is 5.97 Å². The predicted molar refractivity (Wildman–Crippen MR) is 77.0 cm³/mol. The standard InChI is InChI=1S/C15H20N2O4/c18-14(16-9-15(19)20)10-17-6-7-21-11-13(17)8-12-4-2-1-3-5-12/h1-5,13H,6-11H2,(H,16,18)(H,19,20). The Labute approximate surface area is 123 Å². The fourth-order valence-corrected chi connectivity index (χ4v) is 2.39. The minimum atomic E-state index is -1.04. The van der Waals surface area contributed by atoms with E-state index in [1.165, 1.54) is 5.56 Å². The SMILES string of the molecule is O=C(O)CNC(=O)CN1CCOCC1Cc1ccccc1. The van der Waals surface area contributed by atoms with E-state index in [1.807, 2.05) is 23.1 Å². The van der Waals surface area contributed by atoms with Crippen molar-refractivity contribution in [2.45, 2.75) is 12.5 Å². The van der Waals surface area contributed by atoms with Gasteiger partial charge in [-0.1, -0.05) is 30.3 Å². The Kier molecular flexibility index (Phi) is 5.71. The van der Waals surface area contributed by atoms with Crippen molar-refractivity contribution < 1.29 is 19.4 Å². The van der Waals surface area contributed by atoms with Crippen LogP contribution in [0.2, 0.25) is 0 Å². The number of ether oxygens (including phenoxy) is 1. The van der Waals surface area contributed by atoms with E-state index in [9.17, 15) is 9.59 Å². The highest BCUT2D eigenvalue weighted by atomic mass is 16.5. The third kappa shape index (κ3) is 5.17. The van der Waals surface area contributed by atoms with Gasteiger partial charge in [0, 0.05) is 12.6 Å². The van der Waals surface area contributed by atoms with Gasteiger partial charge in [-0.3, -0.25) is 14.5 Å². The van der Waals surface area contributed by atoms with Crippen molar-refractivity contribution in [3.8, 4) is 0 Å². The molecule has 1 fully saturated rings. The summed E-state index contributed by atoms with van der Waals surface area (Å²) in [6.07, 6.45) is 0.813. The molecule has 0 radical (unpaired) electrons. The summed E-state index contributed by atoms with van der Waals surface area (Å²) in [6, 6.07) is 10.2. The van der Waals surface area contributed by atoms with Crippen LogP contribution in [0.15, 0.2) is 30.3 Å². The monoisotopic (exact) mass is 292 g/mol. The third-order valence-electron chi connectivity index (χ3n) is 3.45. The number of morpholine rings is 1. The van der Waals surface area contributed by atoms with Crippen LogP contribution in [0, 0.1) is 0 Å². The summed E-state index contributed by atoms with van der Waals surface area (Å²) < 4.78 is 5.50. The van der Waals surface area contributed by atoms with E-state index < -0.39 is 5.97 Å².